The number of carbonyl (C=O) groups is 1. The first-order valence-electron chi connectivity index (χ1n) is 8.91. The van der Waals surface area contributed by atoms with Crippen molar-refractivity contribution >= 4 is 22.6 Å². The number of nitrogens with zero attached hydrogens (tertiary/aromatic N) is 4. The molecule has 1 fully saturated rings. The molecule has 3 rings (SSSR count). The first-order valence-corrected chi connectivity index (χ1v) is 8.91. The molecule has 6 heteroatoms. The monoisotopic (exact) mass is 339 g/mol. The largest absolute Gasteiger partial charge is 0.369 e. The van der Waals surface area contributed by atoms with Gasteiger partial charge in [-0.05, 0) is 30.9 Å². The molecule has 2 atom stereocenters. The van der Waals surface area contributed by atoms with Crippen molar-refractivity contribution in [3.05, 3.63) is 24.5 Å². The first-order chi connectivity index (χ1) is 12.1. The molecule has 1 unspecified atom stereocenters. The number of likely N-dealkylation sites (N-methyl/N-ethyl adjacent to an activating group) is 1. The molecule has 2 aromatic rings. The van der Waals surface area contributed by atoms with E-state index in [1.165, 1.54) is 0 Å². The van der Waals surface area contributed by atoms with Gasteiger partial charge in [0.2, 0.25) is 5.91 Å². The number of unbranched alkanes of at least 4 members (excludes halogenated alkanes) is 1. The molecule has 1 aliphatic heterocycles. The zero-order valence-corrected chi connectivity index (χ0v) is 14.9. The van der Waals surface area contributed by atoms with Gasteiger partial charge in [0.05, 0.1) is 6.07 Å². The number of H-pyrrole nitrogens is 1. The molecule has 2 aromatic heterocycles. The van der Waals surface area contributed by atoms with E-state index in [1.54, 1.807) is 0 Å². The van der Waals surface area contributed by atoms with E-state index in [0.717, 1.165) is 36.2 Å². The van der Waals surface area contributed by atoms with Crippen LogP contribution >= 0.6 is 0 Å². The second-order valence-corrected chi connectivity index (χ2v) is 6.87. The van der Waals surface area contributed by atoms with Crippen molar-refractivity contribution in [1.82, 2.24) is 14.9 Å². The van der Waals surface area contributed by atoms with Crippen molar-refractivity contribution in [3.63, 3.8) is 0 Å². The molecule has 0 bridgehead atoms. The summed E-state index contributed by atoms with van der Waals surface area (Å²) in [5.41, 5.74) is 2.03. The van der Waals surface area contributed by atoms with Gasteiger partial charge in [0.15, 0.2) is 0 Å². The number of anilines is 1. The molecule has 1 saturated heterocycles. The number of nitrogens with one attached hydrogen (secondary N) is 1. The molecule has 1 aliphatic rings. The molecule has 0 radical (unpaired) electrons. The molecule has 0 spiro atoms. The van der Waals surface area contributed by atoms with E-state index >= 15 is 0 Å². The van der Waals surface area contributed by atoms with Crippen LogP contribution in [-0.2, 0) is 4.79 Å². The van der Waals surface area contributed by atoms with Crippen molar-refractivity contribution in [3.8, 4) is 6.07 Å². The lowest BCUT2D eigenvalue weighted by Gasteiger charge is -2.42. The highest BCUT2D eigenvalue weighted by Crippen LogP contribution is 2.30. The van der Waals surface area contributed by atoms with Crippen LogP contribution in [-0.4, -0.2) is 47.0 Å². The fraction of sp³-hybridized carbons (Fsp3) is 0.526. The lowest BCUT2D eigenvalue weighted by atomic mass is 9.91. The third kappa shape index (κ3) is 3.60. The number of aromatic amines is 1. The molecule has 6 nitrogen and oxygen atoms in total. The Balaban J connectivity index is 1.74. The molecule has 3 heterocycles. The van der Waals surface area contributed by atoms with Crippen molar-refractivity contribution < 1.29 is 4.79 Å². The summed E-state index contributed by atoms with van der Waals surface area (Å²) in [5.74, 6) is 0.678. The van der Waals surface area contributed by atoms with Crippen LogP contribution in [0.5, 0.6) is 0 Å². The Morgan fingerprint density at radius 3 is 3.16 bits per heavy atom. The van der Waals surface area contributed by atoms with E-state index in [-0.39, 0.29) is 11.9 Å². The van der Waals surface area contributed by atoms with Crippen LogP contribution < -0.4 is 4.90 Å². The van der Waals surface area contributed by atoms with Gasteiger partial charge < -0.3 is 14.8 Å². The minimum Gasteiger partial charge on any atom is -0.369 e. The maximum absolute atomic E-state index is 12.4. The predicted octanol–water partition coefficient (Wildman–Crippen LogP) is 2.93. The van der Waals surface area contributed by atoms with E-state index < -0.39 is 0 Å². The number of rotatable bonds is 5. The van der Waals surface area contributed by atoms with Gasteiger partial charge in [-0.1, -0.05) is 6.92 Å². The summed E-state index contributed by atoms with van der Waals surface area (Å²) in [6.07, 6.45) is 6.29. The van der Waals surface area contributed by atoms with Crippen LogP contribution in [0.1, 0.15) is 32.6 Å². The van der Waals surface area contributed by atoms with E-state index in [9.17, 15) is 4.79 Å². The van der Waals surface area contributed by atoms with Crippen LogP contribution in [0.25, 0.3) is 11.0 Å². The number of nitriles is 1. The number of likely N-dealkylation sites (tertiary alicyclic amines) is 1. The average Bonchev–Trinajstić information content (AvgIpc) is 3.10. The van der Waals surface area contributed by atoms with Crippen LogP contribution in [0.2, 0.25) is 0 Å². The molecular formula is C19H25N5O. The van der Waals surface area contributed by atoms with Crippen LogP contribution in [0.15, 0.2) is 24.5 Å². The number of piperidine rings is 1. The Morgan fingerprint density at radius 2 is 2.36 bits per heavy atom. The second-order valence-electron chi connectivity index (χ2n) is 6.87. The molecule has 1 amide bonds. The molecule has 132 valence electrons. The number of hydrogen-bond acceptors (Lipinski definition) is 4. The number of fused-ring (bicyclic) bond motifs is 1. The van der Waals surface area contributed by atoms with Crippen LogP contribution in [0.4, 0.5) is 5.69 Å². The molecule has 0 aliphatic carbocycles. The summed E-state index contributed by atoms with van der Waals surface area (Å²) >= 11 is 0. The van der Waals surface area contributed by atoms with Crippen molar-refractivity contribution in [1.29, 1.82) is 5.26 Å². The maximum Gasteiger partial charge on any atom is 0.222 e. The lowest BCUT2D eigenvalue weighted by Crippen LogP contribution is -2.52. The summed E-state index contributed by atoms with van der Waals surface area (Å²) in [4.78, 5) is 24.2. The minimum atomic E-state index is 0.169. The van der Waals surface area contributed by atoms with E-state index in [2.05, 4.69) is 34.9 Å². The second kappa shape index (κ2) is 7.56. The number of pyridine rings is 1. The number of aromatic nitrogens is 2. The van der Waals surface area contributed by atoms with Crippen LogP contribution in [0, 0.1) is 17.2 Å². The summed E-state index contributed by atoms with van der Waals surface area (Å²) in [6.45, 7) is 3.80. The quantitative estimate of drug-likeness (QED) is 0.850. The predicted molar refractivity (Wildman–Crippen MR) is 98.1 cm³/mol. The fourth-order valence-electron chi connectivity index (χ4n) is 3.69. The normalized spacial score (nSPS) is 20.4. The summed E-state index contributed by atoms with van der Waals surface area (Å²) in [5, 5.41) is 9.75. The zero-order chi connectivity index (χ0) is 17.8. The number of amides is 1. The van der Waals surface area contributed by atoms with Crippen molar-refractivity contribution in [2.45, 2.75) is 38.6 Å². The minimum absolute atomic E-state index is 0.169. The molecule has 0 aromatic carbocycles. The Labute approximate surface area is 148 Å². The fourth-order valence-corrected chi connectivity index (χ4v) is 3.69. The van der Waals surface area contributed by atoms with Gasteiger partial charge in [-0.15, -0.1) is 0 Å². The SMILES string of the molecule is C[C@@H]1CCN(C(=O)CCCC#N)CC1N(C)c1ccnc2[nH]ccc12. The Hall–Kier alpha value is -2.55. The topological polar surface area (TPSA) is 76.0 Å². The third-order valence-electron chi connectivity index (χ3n) is 5.27. The Morgan fingerprint density at radius 1 is 1.52 bits per heavy atom. The van der Waals surface area contributed by atoms with Crippen LogP contribution in [0.3, 0.4) is 0 Å². The molecule has 1 N–H and O–H groups in total. The number of hydrogen-bond donors (Lipinski definition) is 1. The Bertz CT molecular complexity index is 777. The highest BCUT2D eigenvalue weighted by atomic mass is 16.2. The summed E-state index contributed by atoms with van der Waals surface area (Å²) in [7, 11) is 2.10. The maximum atomic E-state index is 12.4. The Kier molecular flexibility index (Phi) is 5.22. The molecule has 25 heavy (non-hydrogen) atoms. The van der Waals surface area contributed by atoms with Crippen molar-refractivity contribution in [2.75, 3.05) is 25.0 Å². The summed E-state index contributed by atoms with van der Waals surface area (Å²) < 4.78 is 0. The van der Waals surface area contributed by atoms with E-state index in [0.29, 0.717) is 25.2 Å². The smallest absolute Gasteiger partial charge is 0.222 e. The standard InChI is InChI=1S/C19H25N5O/c1-14-8-12-24(18(25)5-3-4-9-20)13-17(14)23(2)16-7-11-22-19-15(16)6-10-21-19/h6-7,10-11,14,17H,3-5,8,12-13H2,1-2H3,(H,21,22)/t14-,17?/m1/s1. The van der Waals surface area contributed by atoms with Gasteiger partial charge in [0, 0.05) is 62.5 Å². The molecule has 0 saturated carbocycles. The highest BCUT2D eigenvalue weighted by molar-refractivity contribution is 5.89. The van der Waals surface area contributed by atoms with Gasteiger partial charge in [0.1, 0.15) is 5.65 Å². The number of carbonyl (C=O) groups excluding carboxylic acids is 1. The third-order valence-corrected chi connectivity index (χ3v) is 5.27. The average molecular weight is 339 g/mol. The van der Waals surface area contributed by atoms with E-state index in [1.807, 2.05) is 29.4 Å². The van der Waals surface area contributed by atoms with Gasteiger partial charge >= 0.3 is 0 Å². The molecular weight excluding hydrogens is 314 g/mol. The van der Waals surface area contributed by atoms with Crippen molar-refractivity contribution in [2.24, 2.45) is 5.92 Å². The summed E-state index contributed by atoms with van der Waals surface area (Å²) in [6, 6.07) is 6.47. The zero-order valence-electron chi connectivity index (χ0n) is 14.9. The highest BCUT2D eigenvalue weighted by Gasteiger charge is 2.32. The van der Waals surface area contributed by atoms with Gasteiger partial charge in [-0.3, -0.25) is 4.79 Å². The lowest BCUT2D eigenvalue weighted by molar-refractivity contribution is -0.132. The van der Waals surface area contributed by atoms with Gasteiger partial charge in [-0.2, -0.15) is 5.26 Å². The first kappa shape index (κ1) is 17.3. The van der Waals surface area contributed by atoms with Gasteiger partial charge in [0.25, 0.3) is 0 Å². The van der Waals surface area contributed by atoms with Gasteiger partial charge in [-0.25, -0.2) is 4.98 Å². The van der Waals surface area contributed by atoms with E-state index in [4.69, 9.17) is 5.26 Å².